The Labute approximate surface area is 178 Å². The molecule has 1 aliphatic rings. The minimum absolute atomic E-state index is 0. The molecule has 1 heterocycles. The zero-order chi connectivity index (χ0) is 18.4. The minimum atomic E-state index is -0.607. The molecule has 25 heavy (non-hydrogen) atoms. The Morgan fingerprint density at radius 3 is 2.48 bits per heavy atom. The maximum Gasteiger partial charge on any atom is 0.220 e. The van der Waals surface area contributed by atoms with Crippen LogP contribution < -0.4 is 5.32 Å². The van der Waals surface area contributed by atoms with Crippen molar-refractivity contribution in [1.29, 1.82) is 0 Å². The van der Waals surface area contributed by atoms with Crippen molar-refractivity contribution in [3.63, 3.8) is 0 Å². The normalized spacial score (nSPS) is 22.2. The zero-order valence-electron chi connectivity index (χ0n) is 14.4. The standard InChI is InChI=1S/C14H26N2O6.CH4O.Dy/c15-12(19)3-1-2-4-13(20)16-5-6-21-14-8-10(18)7-11(9-17)22-14;1-2;/h10-11,14,17-18H,1-9H2,(H3,15,16,19,20);2H,1H3;/p-1. The van der Waals surface area contributed by atoms with Crippen LogP contribution in [0.2, 0.25) is 0 Å². The molecule has 0 aliphatic carbocycles. The molecule has 152 valence electrons. The smallest absolute Gasteiger partial charge is 0.220 e. The van der Waals surface area contributed by atoms with Crippen LogP contribution in [0.5, 0.6) is 0 Å². The third-order valence-electron chi connectivity index (χ3n) is 3.33. The molecular formula is C15H29DyN2O7-. The van der Waals surface area contributed by atoms with Gasteiger partial charge in [-0.3, -0.25) is 4.79 Å². The number of amides is 2. The van der Waals surface area contributed by atoms with Gasteiger partial charge in [-0.1, -0.05) is 0 Å². The fraction of sp³-hybridized carbons (Fsp3) is 0.867. The van der Waals surface area contributed by atoms with E-state index in [1.54, 1.807) is 0 Å². The van der Waals surface area contributed by atoms with Gasteiger partial charge in [0.2, 0.25) is 5.91 Å². The maximum absolute atomic E-state index is 11.5. The van der Waals surface area contributed by atoms with Gasteiger partial charge in [-0.05, 0) is 19.3 Å². The van der Waals surface area contributed by atoms with Crippen LogP contribution in [-0.4, -0.2) is 72.5 Å². The van der Waals surface area contributed by atoms with Crippen molar-refractivity contribution < 1.29 is 72.6 Å². The predicted octanol–water partition coefficient (Wildman–Crippen LogP) is -0.275. The summed E-state index contributed by atoms with van der Waals surface area (Å²) in [7, 11) is 1.00. The average molecular weight is 512 g/mol. The number of hydrogen-bond donors (Lipinski definition) is 4. The summed E-state index contributed by atoms with van der Waals surface area (Å²) in [6, 6.07) is 0. The molecule has 5 N–H and O–H groups in total. The molecule has 9 nitrogen and oxygen atoms in total. The van der Waals surface area contributed by atoms with Gasteiger partial charge in [0.25, 0.3) is 0 Å². The first kappa shape index (κ1) is 27.2. The molecule has 1 fully saturated rings. The van der Waals surface area contributed by atoms with Gasteiger partial charge in [0.05, 0.1) is 25.4 Å². The van der Waals surface area contributed by atoms with Gasteiger partial charge in [-0.2, -0.15) is 0 Å². The molecule has 0 spiro atoms. The van der Waals surface area contributed by atoms with Crippen molar-refractivity contribution in [3.05, 3.63) is 5.73 Å². The molecule has 0 aromatic rings. The average Bonchev–Trinajstić information content (AvgIpc) is 2.56. The van der Waals surface area contributed by atoms with E-state index < -0.39 is 24.4 Å². The Morgan fingerprint density at radius 2 is 1.88 bits per heavy atom. The molecule has 0 saturated carbocycles. The van der Waals surface area contributed by atoms with Crippen molar-refractivity contribution in [2.24, 2.45) is 0 Å². The minimum Gasteiger partial charge on any atom is -0.668 e. The Hall–Kier alpha value is 0.0127. The molecule has 2 amide bonds. The first-order valence-corrected chi connectivity index (χ1v) is 8.03. The van der Waals surface area contributed by atoms with Crippen molar-refractivity contribution >= 4 is 11.8 Å². The molecule has 3 unspecified atom stereocenters. The molecule has 3 atom stereocenters. The molecule has 0 aromatic carbocycles. The van der Waals surface area contributed by atoms with E-state index in [0.29, 0.717) is 38.6 Å². The number of carbonyl (C=O) groups is 2. The SMILES string of the molecule is CO.[Dy].[NH-]C(=O)CCCCC(=O)NCCOC1CC(O)CC(CO)O1. The first-order valence-electron chi connectivity index (χ1n) is 8.03. The number of hydrogen-bond acceptors (Lipinski definition) is 7. The fourth-order valence-electron chi connectivity index (χ4n) is 2.21. The number of carbonyl (C=O) groups excluding carboxylic acids is 2. The second kappa shape index (κ2) is 17.4. The molecular weight excluding hydrogens is 483 g/mol. The largest absolute Gasteiger partial charge is 0.668 e. The summed E-state index contributed by atoms with van der Waals surface area (Å²) in [5.74, 6) is -0.733. The summed E-state index contributed by atoms with van der Waals surface area (Å²) in [6.45, 7) is 0.427. The molecule has 1 aliphatic heterocycles. The molecule has 1 saturated heterocycles. The number of ether oxygens (including phenoxy) is 2. The van der Waals surface area contributed by atoms with Gasteiger partial charge in [0, 0.05) is 77.0 Å². The van der Waals surface area contributed by atoms with Gasteiger partial charge >= 0.3 is 0 Å². The van der Waals surface area contributed by atoms with E-state index in [4.69, 9.17) is 25.4 Å². The van der Waals surface area contributed by atoms with Crippen LogP contribution in [0, 0.1) is 38.2 Å². The number of nitrogens with one attached hydrogen (secondary N) is 2. The van der Waals surface area contributed by atoms with Gasteiger partial charge in [0.1, 0.15) is 0 Å². The van der Waals surface area contributed by atoms with Gasteiger partial charge in [-0.15, -0.1) is 0 Å². The molecule has 0 radical (unpaired) electrons. The van der Waals surface area contributed by atoms with E-state index in [1.807, 2.05) is 0 Å². The topological polar surface area (TPSA) is 149 Å². The molecule has 1 rings (SSSR count). The van der Waals surface area contributed by atoms with Crippen LogP contribution in [0.1, 0.15) is 38.5 Å². The van der Waals surface area contributed by atoms with E-state index >= 15 is 0 Å². The third kappa shape index (κ3) is 14.8. The van der Waals surface area contributed by atoms with Crippen LogP contribution in [0.15, 0.2) is 0 Å². The molecule has 10 heteroatoms. The Kier molecular flexibility index (Phi) is 19.0. The van der Waals surface area contributed by atoms with Crippen molar-refractivity contribution in [2.45, 2.75) is 57.0 Å². The Bertz CT molecular complexity index is 361. The monoisotopic (exact) mass is 513 g/mol. The van der Waals surface area contributed by atoms with Gasteiger partial charge in [-0.25, -0.2) is 0 Å². The number of rotatable bonds is 10. The number of aliphatic hydroxyl groups is 3. The van der Waals surface area contributed by atoms with E-state index in [0.717, 1.165) is 7.11 Å². The quantitative estimate of drug-likeness (QED) is 0.295. The van der Waals surface area contributed by atoms with E-state index in [1.165, 1.54) is 0 Å². The number of aliphatic hydroxyl groups excluding tert-OH is 3. The second-order valence-corrected chi connectivity index (χ2v) is 5.35. The van der Waals surface area contributed by atoms with Crippen molar-refractivity contribution in [3.8, 4) is 0 Å². The Morgan fingerprint density at radius 1 is 1.24 bits per heavy atom. The molecule has 0 aromatic heterocycles. The third-order valence-corrected chi connectivity index (χ3v) is 3.33. The summed E-state index contributed by atoms with van der Waals surface area (Å²) >= 11 is 0. The van der Waals surface area contributed by atoms with Crippen molar-refractivity contribution in [1.82, 2.24) is 5.32 Å². The van der Waals surface area contributed by atoms with Crippen molar-refractivity contribution in [2.75, 3.05) is 26.9 Å². The fourth-order valence-corrected chi connectivity index (χ4v) is 2.21. The van der Waals surface area contributed by atoms with E-state index in [-0.39, 0.29) is 63.7 Å². The first-order chi connectivity index (χ1) is 11.5. The van der Waals surface area contributed by atoms with Crippen LogP contribution in [-0.2, 0) is 19.1 Å². The van der Waals surface area contributed by atoms with Crippen LogP contribution >= 0.6 is 0 Å². The van der Waals surface area contributed by atoms with Crippen LogP contribution in [0.3, 0.4) is 0 Å². The van der Waals surface area contributed by atoms with E-state index in [2.05, 4.69) is 5.32 Å². The summed E-state index contributed by atoms with van der Waals surface area (Å²) < 4.78 is 10.8. The second-order valence-electron chi connectivity index (χ2n) is 5.35. The predicted molar refractivity (Wildman–Crippen MR) is 85.9 cm³/mol. The summed E-state index contributed by atoms with van der Waals surface area (Å²) in [5.41, 5.74) is 6.74. The van der Waals surface area contributed by atoms with E-state index in [9.17, 15) is 14.7 Å². The molecule has 0 bridgehead atoms. The van der Waals surface area contributed by atoms with Crippen LogP contribution in [0.25, 0.3) is 5.73 Å². The van der Waals surface area contributed by atoms with Crippen LogP contribution in [0.4, 0.5) is 0 Å². The van der Waals surface area contributed by atoms with Gasteiger partial charge in [0.15, 0.2) is 6.29 Å². The summed E-state index contributed by atoms with van der Waals surface area (Å²) in [6.07, 6.45) is 0.840. The maximum atomic E-state index is 11.5. The zero-order valence-corrected chi connectivity index (χ0v) is 16.4. The Balaban J connectivity index is 0. The van der Waals surface area contributed by atoms with Gasteiger partial charge < -0.3 is 40.6 Å². The summed E-state index contributed by atoms with van der Waals surface area (Å²) in [5, 5.41) is 28.3. The summed E-state index contributed by atoms with van der Waals surface area (Å²) in [4.78, 5) is 21.9. The number of unbranched alkanes of at least 4 members (excludes halogenated alkanes) is 1.